The van der Waals surface area contributed by atoms with Crippen molar-refractivity contribution in [2.75, 3.05) is 18.9 Å². The number of hydrogen-bond acceptors (Lipinski definition) is 4. The van der Waals surface area contributed by atoms with Crippen molar-refractivity contribution < 1.29 is 9.59 Å². The van der Waals surface area contributed by atoms with E-state index in [4.69, 9.17) is 0 Å². The number of aromatic nitrogens is 3. The summed E-state index contributed by atoms with van der Waals surface area (Å²) in [5.41, 5.74) is 2.90. The van der Waals surface area contributed by atoms with E-state index in [1.807, 2.05) is 55.5 Å². The molecule has 0 unspecified atom stereocenters. The van der Waals surface area contributed by atoms with Crippen molar-refractivity contribution in [3.8, 4) is 0 Å². The van der Waals surface area contributed by atoms with Gasteiger partial charge in [0.15, 0.2) is 5.69 Å². The molecule has 0 aliphatic rings. The number of benzene rings is 2. The lowest BCUT2D eigenvalue weighted by atomic mass is 10.2. The Balaban J connectivity index is 1.59. The molecular formula is C20H20BrN5O2. The van der Waals surface area contributed by atoms with Crippen LogP contribution in [-0.4, -0.2) is 45.3 Å². The molecule has 0 saturated heterocycles. The van der Waals surface area contributed by atoms with Crippen molar-refractivity contribution in [3.05, 3.63) is 76.0 Å². The maximum Gasteiger partial charge on any atom is 0.276 e. The Morgan fingerprint density at radius 2 is 1.93 bits per heavy atom. The van der Waals surface area contributed by atoms with Crippen LogP contribution >= 0.6 is 15.9 Å². The van der Waals surface area contributed by atoms with Gasteiger partial charge in [0.05, 0.1) is 19.3 Å². The van der Waals surface area contributed by atoms with Gasteiger partial charge in [0.25, 0.3) is 5.91 Å². The molecule has 28 heavy (non-hydrogen) atoms. The van der Waals surface area contributed by atoms with Gasteiger partial charge in [-0.1, -0.05) is 51.5 Å². The first-order valence-electron chi connectivity index (χ1n) is 8.68. The average Bonchev–Trinajstić information content (AvgIpc) is 3.12. The van der Waals surface area contributed by atoms with Crippen molar-refractivity contribution in [2.45, 2.75) is 13.5 Å². The van der Waals surface area contributed by atoms with Crippen LogP contribution < -0.4 is 5.32 Å². The normalized spacial score (nSPS) is 10.5. The van der Waals surface area contributed by atoms with Gasteiger partial charge in [-0.3, -0.25) is 9.59 Å². The second-order valence-electron chi connectivity index (χ2n) is 6.46. The summed E-state index contributed by atoms with van der Waals surface area (Å²) >= 11 is 3.39. The summed E-state index contributed by atoms with van der Waals surface area (Å²) in [6, 6.07) is 15.4. The van der Waals surface area contributed by atoms with E-state index in [1.165, 1.54) is 4.90 Å². The molecule has 7 nitrogen and oxygen atoms in total. The summed E-state index contributed by atoms with van der Waals surface area (Å²) in [6.45, 7) is 2.34. The van der Waals surface area contributed by atoms with Gasteiger partial charge in [-0.05, 0) is 36.2 Å². The first-order valence-corrected chi connectivity index (χ1v) is 9.47. The molecule has 0 aliphatic carbocycles. The van der Waals surface area contributed by atoms with Crippen LogP contribution in [0, 0.1) is 6.92 Å². The number of carbonyl (C=O) groups is 2. The third kappa shape index (κ3) is 5.04. The number of amides is 2. The average molecular weight is 442 g/mol. The highest BCUT2D eigenvalue weighted by Gasteiger charge is 2.18. The van der Waals surface area contributed by atoms with Crippen molar-refractivity contribution >= 4 is 33.4 Å². The largest absolute Gasteiger partial charge is 0.331 e. The van der Waals surface area contributed by atoms with Gasteiger partial charge >= 0.3 is 0 Å². The van der Waals surface area contributed by atoms with E-state index < -0.39 is 0 Å². The molecule has 2 aromatic carbocycles. The van der Waals surface area contributed by atoms with Gasteiger partial charge in [-0.2, -0.15) is 0 Å². The summed E-state index contributed by atoms with van der Waals surface area (Å²) in [4.78, 5) is 26.1. The number of halogens is 1. The zero-order valence-corrected chi connectivity index (χ0v) is 17.2. The molecule has 0 spiro atoms. The molecule has 144 valence electrons. The minimum absolute atomic E-state index is 0.0834. The molecule has 1 aromatic heterocycles. The fourth-order valence-corrected chi connectivity index (χ4v) is 3.16. The molecule has 0 bridgehead atoms. The zero-order valence-electron chi connectivity index (χ0n) is 15.6. The smallest absolute Gasteiger partial charge is 0.276 e. The number of carbonyl (C=O) groups excluding carboxylic acids is 2. The lowest BCUT2D eigenvalue weighted by molar-refractivity contribution is -0.116. The van der Waals surface area contributed by atoms with Crippen LogP contribution in [-0.2, 0) is 11.3 Å². The molecule has 1 N–H and O–H groups in total. The van der Waals surface area contributed by atoms with Crippen molar-refractivity contribution in [3.63, 3.8) is 0 Å². The van der Waals surface area contributed by atoms with Gasteiger partial charge in [0.2, 0.25) is 5.91 Å². The highest BCUT2D eigenvalue weighted by atomic mass is 79.9. The Bertz CT molecular complexity index is 987. The molecule has 2 amide bonds. The Morgan fingerprint density at radius 3 is 2.64 bits per heavy atom. The maximum absolute atomic E-state index is 12.5. The van der Waals surface area contributed by atoms with Crippen molar-refractivity contribution in [1.29, 1.82) is 0 Å². The van der Waals surface area contributed by atoms with E-state index in [0.717, 1.165) is 15.6 Å². The van der Waals surface area contributed by atoms with E-state index >= 15 is 0 Å². The number of hydrogen-bond donors (Lipinski definition) is 1. The summed E-state index contributed by atoms with van der Waals surface area (Å²) in [5, 5.41) is 10.7. The quantitative estimate of drug-likeness (QED) is 0.636. The summed E-state index contributed by atoms with van der Waals surface area (Å²) < 4.78 is 2.54. The Labute approximate surface area is 171 Å². The van der Waals surface area contributed by atoms with Crippen LogP contribution in [0.1, 0.15) is 21.6 Å². The summed E-state index contributed by atoms with van der Waals surface area (Å²) in [5.74, 6) is -0.639. The van der Waals surface area contributed by atoms with Gasteiger partial charge in [0.1, 0.15) is 0 Å². The van der Waals surface area contributed by atoms with E-state index in [2.05, 4.69) is 31.6 Å². The van der Waals surface area contributed by atoms with Crippen LogP contribution in [0.5, 0.6) is 0 Å². The van der Waals surface area contributed by atoms with Crippen LogP contribution in [0.2, 0.25) is 0 Å². The van der Waals surface area contributed by atoms with E-state index in [1.54, 1.807) is 17.9 Å². The molecule has 1 heterocycles. The minimum Gasteiger partial charge on any atom is -0.331 e. The van der Waals surface area contributed by atoms with Gasteiger partial charge in [-0.25, -0.2) is 4.68 Å². The number of likely N-dealkylation sites (N-methyl/N-ethyl adjacent to an activating group) is 1. The standard InChI is InChI=1S/C20H20BrN5O2/c1-14-10-16(21)8-9-17(14)22-19(27)13-25(2)20(28)18-12-26(24-23-18)11-15-6-4-3-5-7-15/h3-10,12H,11,13H2,1-2H3,(H,22,27). The molecule has 3 aromatic rings. The Kier molecular flexibility index (Phi) is 6.20. The number of rotatable bonds is 6. The molecule has 0 fully saturated rings. The fourth-order valence-electron chi connectivity index (χ4n) is 2.68. The van der Waals surface area contributed by atoms with Gasteiger partial charge in [0, 0.05) is 17.2 Å². The number of nitrogens with zero attached hydrogens (tertiary/aromatic N) is 4. The third-order valence-electron chi connectivity index (χ3n) is 4.14. The van der Waals surface area contributed by atoms with E-state index in [-0.39, 0.29) is 24.1 Å². The second-order valence-corrected chi connectivity index (χ2v) is 7.37. The topological polar surface area (TPSA) is 80.1 Å². The highest BCUT2D eigenvalue weighted by Crippen LogP contribution is 2.20. The zero-order chi connectivity index (χ0) is 20.1. The van der Waals surface area contributed by atoms with Crippen molar-refractivity contribution in [2.24, 2.45) is 0 Å². The van der Waals surface area contributed by atoms with Crippen LogP contribution in [0.3, 0.4) is 0 Å². The summed E-state index contributed by atoms with van der Waals surface area (Å²) in [6.07, 6.45) is 1.59. The predicted octanol–water partition coefficient (Wildman–Crippen LogP) is 3.11. The SMILES string of the molecule is Cc1cc(Br)ccc1NC(=O)CN(C)C(=O)c1cn(Cc2ccccc2)nn1. The number of aryl methyl sites for hydroxylation is 1. The second kappa shape index (κ2) is 8.79. The summed E-state index contributed by atoms with van der Waals surface area (Å²) in [7, 11) is 1.56. The molecule has 0 aliphatic heterocycles. The molecular weight excluding hydrogens is 422 g/mol. The Morgan fingerprint density at radius 1 is 1.18 bits per heavy atom. The molecule has 0 saturated carbocycles. The molecule has 0 radical (unpaired) electrons. The van der Waals surface area contributed by atoms with Crippen molar-refractivity contribution in [1.82, 2.24) is 19.9 Å². The molecule has 8 heteroatoms. The van der Waals surface area contributed by atoms with E-state index in [0.29, 0.717) is 12.2 Å². The lowest BCUT2D eigenvalue weighted by Gasteiger charge is -2.16. The van der Waals surface area contributed by atoms with E-state index in [9.17, 15) is 9.59 Å². The first kappa shape index (κ1) is 19.8. The molecule has 0 atom stereocenters. The third-order valence-corrected chi connectivity index (χ3v) is 4.63. The van der Waals surface area contributed by atoms with Gasteiger partial charge < -0.3 is 10.2 Å². The van der Waals surface area contributed by atoms with Crippen LogP contribution in [0.25, 0.3) is 0 Å². The van der Waals surface area contributed by atoms with Crippen LogP contribution in [0.4, 0.5) is 5.69 Å². The Hall–Kier alpha value is -3.00. The number of anilines is 1. The lowest BCUT2D eigenvalue weighted by Crippen LogP contribution is -2.35. The predicted molar refractivity (Wildman–Crippen MR) is 110 cm³/mol. The maximum atomic E-state index is 12.5. The monoisotopic (exact) mass is 441 g/mol. The minimum atomic E-state index is -0.359. The first-order chi connectivity index (χ1) is 13.4. The van der Waals surface area contributed by atoms with Crippen LogP contribution in [0.15, 0.2) is 59.2 Å². The highest BCUT2D eigenvalue weighted by molar-refractivity contribution is 9.10. The number of nitrogens with one attached hydrogen (secondary N) is 1. The molecule has 3 rings (SSSR count). The van der Waals surface area contributed by atoms with Gasteiger partial charge in [-0.15, -0.1) is 5.10 Å². The fraction of sp³-hybridized carbons (Fsp3) is 0.200.